The maximum absolute atomic E-state index is 13.1. The normalized spacial score (nSPS) is 14.7. The fourth-order valence-corrected chi connectivity index (χ4v) is 3.52. The maximum atomic E-state index is 13.1. The lowest BCUT2D eigenvalue weighted by Crippen LogP contribution is -2.58. The molecule has 0 saturated carbocycles. The number of nitrogens with two attached hydrogens (primary N) is 1. The van der Waals surface area contributed by atoms with Crippen LogP contribution in [0, 0.1) is 5.92 Å². The van der Waals surface area contributed by atoms with Crippen LogP contribution >= 0.6 is 0 Å². The first-order chi connectivity index (χ1) is 17.8. The Morgan fingerprint density at radius 2 is 1.32 bits per heavy atom. The summed E-state index contributed by atoms with van der Waals surface area (Å²) in [6, 6.07) is 3.81. The minimum Gasteiger partial charge on any atom is -0.481 e. The Balaban J connectivity index is 3.01. The summed E-state index contributed by atoms with van der Waals surface area (Å²) in [4.78, 5) is 72.2. The molecule has 38 heavy (non-hydrogen) atoms. The van der Waals surface area contributed by atoms with Crippen LogP contribution in [0.5, 0.6) is 0 Å². The van der Waals surface area contributed by atoms with Crippen molar-refractivity contribution in [2.45, 2.75) is 76.5 Å². The summed E-state index contributed by atoms with van der Waals surface area (Å²) >= 11 is 0. The van der Waals surface area contributed by atoms with E-state index in [1.54, 1.807) is 44.2 Å². The van der Waals surface area contributed by atoms with Crippen molar-refractivity contribution in [1.82, 2.24) is 16.0 Å². The summed E-state index contributed by atoms with van der Waals surface area (Å²) < 4.78 is 0. The highest BCUT2D eigenvalue weighted by molar-refractivity contribution is 5.94. The number of rotatable bonds is 17. The van der Waals surface area contributed by atoms with Crippen molar-refractivity contribution >= 4 is 35.6 Å². The molecule has 0 spiro atoms. The molecule has 0 aromatic heterocycles. The second-order valence-corrected chi connectivity index (χ2v) is 8.99. The Kier molecular flexibility index (Phi) is 13.5. The van der Waals surface area contributed by atoms with Gasteiger partial charge in [0.15, 0.2) is 0 Å². The van der Waals surface area contributed by atoms with Gasteiger partial charge in [0.25, 0.3) is 0 Å². The SMILES string of the molecule is CCC(C)C(NC(=O)C(CCC(=O)O)NC(=O)C(N)Cc1ccccc1)C(=O)NC(CCC(=O)O)C(=O)O. The van der Waals surface area contributed by atoms with E-state index in [9.17, 15) is 33.9 Å². The molecule has 3 amide bonds. The van der Waals surface area contributed by atoms with Crippen LogP contribution in [-0.2, 0) is 35.2 Å². The third-order valence-corrected chi connectivity index (χ3v) is 5.97. The van der Waals surface area contributed by atoms with Crippen molar-refractivity contribution in [3.8, 4) is 0 Å². The molecule has 1 aromatic carbocycles. The van der Waals surface area contributed by atoms with Crippen molar-refractivity contribution < 1.29 is 44.1 Å². The predicted molar refractivity (Wildman–Crippen MR) is 135 cm³/mol. The van der Waals surface area contributed by atoms with Crippen LogP contribution in [0.4, 0.5) is 0 Å². The van der Waals surface area contributed by atoms with E-state index < -0.39 is 78.6 Å². The maximum Gasteiger partial charge on any atom is 0.326 e. The standard InChI is InChI=1S/C25H36N4O9/c1-3-14(2)21(24(36)28-18(25(37)38)10-12-20(32)33)29-23(35)17(9-11-19(30)31)27-22(34)16(26)13-15-7-5-4-6-8-15/h4-8,14,16-18,21H,3,9-13,26H2,1-2H3,(H,27,34)(H,28,36)(H,29,35)(H,30,31)(H,32,33)(H,37,38). The molecule has 8 N–H and O–H groups in total. The van der Waals surface area contributed by atoms with E-state index in [0.717, 1.165) is 5.56 Å². The van der Waals surface area contributed by atoms with Gasteiger partial charge in [0.05, 0.1) is 6.04 Å². The lowest BCUT2D eigenvalue weighted by molar-refractivity contribution is -0.143. The van der Waals surface area contributed by atoms with Gasteiger partial charge < -0.3 is 37.0 Å². The van der Waals surface area contributed by atoms with Crippen LogP contribution in [0.15, 0.2) is 30.3 Å². The number of nitrogens with one attached hydrogen (secondary N) is 3. The molecule has 0 fully saturated rings. The highest BCUT2D eigenvalue weighted by Gasteiger charge is 2.33. The van der Waals surface area contributed by atoms with Gasteiger partial charge >= 0.3 is 17.9 Å². The molecular weight excluding hydrogens is 500 g/mol. The van der Waals surface area contributed by atoms with Crippen LogP contribution in [0.3, 0.4) is 0 Å². The fraction of sp³-hybridized carbons (Fsp3) is 0.520. The molecule has 5 atom stereocenters. The van der Waals surface area contributed by atoms with Gasteiger partial charge in [-0.15, -0.1) is 0 Å². The monoisotopic (exact) mass is 536 g/mol. The lowest BCUT2D eigenvalue weighted by Gasteiger charge is -2.28. The van der Waals surface area contributed by atoms with Crippen LogP contribution < -0.4 is 21.7 Å². The van der Waals surface area contributed by atoms with E-state index in [1.165, 1.54) is 0 Å². The summed E-state index contributed by atoms with van der Waals surface area (Å²) in [7, 11) is 0. The number of amides is 3. The number of hydrogen-bond donors (Lipinski definition) is 7. The van der Waals surface area contributed by atoms with E-state index in [0.29, 0.717) is 6.42 Å². The molecule has 0 aliphatic rings. The van der Waals surface area contributed by atoms with Gasteiger partial charge in [-0.25, -0.2) is 4.79 Å². The predicted octanol–water partition coefficient (Wildman–Crippen LogP) is -0.129. The number of carbonyl (C=O) groups is 6. The van der Waals surface area contributed by atoms with Crippen molar-refractivity contribution in [2.24, 2.45) is 11.7 Å². The van der Waals surface area contributed by atoms with E-state index in [-0.39, 0.29) is 19.3 Å². The zero-order valence-electron chi connectivity index (χ0n) is 21.4. The smallest absolute Gasteiger partial charge is 0.326 e. The minimum atomic E-state index is -1.50. The first kappa shape index (κ1) is 32.0. The molecule has 13 heteroatoms. The molecule has 0 saturated heterocycles. The van der Waals surface area contributed by atoms with Crippen LogP contribution in [0.25, 0.3) is 0 Å². The lowest BCUT2D eigenvalue weighted by atomic mass is 9.96. The molecular formula is C25H36N4O9. The van der Waals surface area contributed by atoms with E-state index in [1.807, 2.05) is 0 Å². The Bertz CT molecular complexity index is 986. The molecule has 0 heterocycles. The number of benzene rings is 1. The minimum absolute atomic E-state index is 0.171. The first-order valence-electron chi connectivity index (χ1n) is 12.2. The van der Waals surface area contributed by atoms with Gasteiger partial charge in [0, 0.05) is 12.8 Å². The summed E-state index contributed by atoms with van der Waals surface area (Å²) in [6.07, 6.45) is -1.03. The number of carboxylic acid groups (broad SMARTS) is 3. The van der Waals surface area contributed by atoms with Crippen LogP contribution in [0.1, 0.15) is 51.5 Å². The second-order valence-electron chi connectivity index (χ2n) is 8.99. The number of carbonyl (C=O) groups excluding carboxylic acids is 3. The molecule has 0 bridgehead atoms. The quantitative estimate of drug-likeness (QED) is 0.140. The summed E-state index contributed by atoms with van der Waals surface area (Å²) in [5.41, 5.74) is 6.77. The van der Waals surface area contributed by atoms with Crippen LogP contribution in [-0.4, -0.2) is 75.1 Å². The molecule has 0 radical (unpaired) electrons. The molecule has 13 nitrogen and oxygen atoms in total. The summed E-state index contributed by atoms with van der Waals surface area (Å²) in [6.45, 7) is 3.38. The molecule has 0 aliphatic carbocycles. The van der Waals surface area contributed by atoms with Gasteiger partial charge in [-0.2, -0.15) is 0 Å². The Hall–Kier alpha value is -4.00. The van der Waals surface area contributed by atoms with Crippen molar-refractivity contribution in [3.05, 3.63) is 35.9 Å². The zero-order valence-corrected chi connectivity index (χ0v) is 21.4. The first-order valence-corrected chi connectivity index (χ1v) is 12.2. The summed E-state index contributed by atoms with van der Waals surface area (Å²) in [5.74, 6) is -6.75. The van der Waals surface area contributed by atoms with Crippen LogP contribution in [0.2, 0.25) is 0 Å². The Morgan fingerprint density at radius 1 is 0.789 bits per heavy atom. The number of hydrogen-bond acceptors (Lipinski definition) is 7. The third-order valence-electron chi connectivity index (χ3n) is 5.97. The summed E-state index contributed by atoms with van der Waals surface area (Å²) in [5, 5.41) is 34.5. The molecule has 1 aromatic rings. The molecule has 0 aliphatic heterocycles. The van der Waals surface area contributed by atoms with Crippen molar-refractivity contribution in [3.63, 3.8) is 0 Å². The number of aliphatic carboxylic acids is 3. The highest BCUT2D eigenvalue weighted by atomic mass is 16.4. The Labute approximate surface area is 220 Å². The van der Waals surface area contributed by atoms with Gasteiger partial charge in [0.2, 0.25) is 17.7 Å². The fourth-order valence-electron chi connectivity index (χ4n) is 3.52. The van der Waals surface area contributed by atoms with Crippen molar-refractivity contribution in [1.29, 1.82) is 0 Å². The van der Waals surface area contributed by atoms with E-state index >= 15 is 0 Å². The average Bonchev–Trinajstić information content (AvgIpc) is 2.86. The van der Waals surface area contributed by atoms with E-state index in [2.05, 4.69) is 16.0 Å². The Morgan fingerprint density at radius 3 is 1.82 bits per heavy atom. The average molecular weight is 537 g/mol. The van der Waals surface area contributed by atoms with Gasteiger partial charge in [-0.1, -0.05) is 50.6 Å². The topological polar surface area (TPSA) is 225 Å². The molecule has 1 rings (SSSR count). The van der Waals surface area contributed by atoms with Gasteiger partial charge in [-0.05, 0) is 30.7 Å². The van der Waals surface area contributed by atoms with Gasteiger partial charge in [-0.3, -0.25) is 24.0 Å². The molecule has 210 valence electrons. The molecule has 5 unspecified atom stereocenters. The second kappa shape index (κ2) is 16.0. The van der Waals surface area contributed by atoms with Gasteiger partial charge in [0.1, 0.15) is 18.1 Å². The van der Waals surface area contributed by atoms with Crippen molar-refractivity contribution in [2.75, 3.05) is 0 Å². The number of carboxylic acids is 3. The zero-order chi connectivity index (χ0) is 28.8. The van der Waals surface area contributed by atoms with E-state index in [4.69, 9.17) is 15.9 Å². The third kappa shape index (κ3) is 11.4. The largest absolute Gasteiger partial charge is 0.481 e. The highest BCUT2D eigenvalue weighted by Crippen LogP contribution is 2.11.